The highest BCUT2D eigenvalue weighted by Gasteiger charge is 2.32. The second-order valence-corrected chi connectivity index (χ2v) is 6.30. The molecule has 1 unspecified atom stereocenters. The lowest BCUT2D eigenvalue weighted by molar-refractivity contribution is 0.0734. The number of hydrogen-bond donors (Lipinski definition) is 1. The molecule has 1 aromatic heterocycles. The van der Waals surface area contributed by atoms with Gasteiger partial charge in [0.25, 0.3) is 5.91 Å². The number of carbonyl (C=O) groups is 1. The zero-order chi connectivity index (χ0) is 15.6. The zero-order valence-corrected chi connectivity index (χ0v) is 13.2. The SMILES string of the molecule is O=C(c1cccc2c1CCCN2)N1CCCC1c1ccncc1. The van der Waals surface area contributed by atoms with Gasteiger partial charge in [0.2, 0.25) is 0 Å². The molecule has 1 atom stereocenters. The Balaban J connectivity index is 1.66. The molecular formula is C19H21N3O. The van der Waals surface area contributed by atoms with Crippen molar-refractivity contribution in [2.24, 2.45) is 0 Å². The molecule has 4 heteroatoms. The van der Waals surface area contributed by atoms with Gasteiger partial charge in [-0.05, 0) is 61.1 Å². The number of likely N-dealkylation sites (tertiary alicyclic amines) is 1. The Morgan fingerprint density at radius 1 is 1.17 bits per heavy atom. The van der Waals surface area contributed by atoms with Gasteiger partial charge in [-0.25, -0.2) is 0 Å². The Labute approximate surface area is 136 Å². The fourth-order valence-electron chi connectivity index (χ4n) is 3.81. The molecule has 0 aliphatic carbocycles. The van der Waals surface area contributed by atoms with E-state index in [-0.39, 0.29) is 11.9 Å². The third kappa shape index (κ3) is 2.58. The van der Waals surface area contributed by atoms with Gasteiger partial charge in [-0.1, -0.05) is 6.07 Å². The van der Waals surface area contributed by atoms with Crippen LogP contribution in [0.5, 0.6) is 0 Å². The van der Waals surface area contributed by atoms with Gasteiger partial charge in [0.05, 0.1) is 6.04 Å². The molecule has 1 aromatic carbocycles. The first-order valence-electron chi connectivity index (χ1n) is 8.41. The maximum absolute atomic E-state index is 13.2. The molecule has 1 N–H and O–H groups in total. The summed E-state index contributed by atoms with van der Waals surface area (Å²) in [6.45, 7) is 1.83. The number of carbonyl (C=O) groups excluding carboxylic acids is 1. The summed E-state index contributed by atoms with van der Waals surface area (Å²) in [7, 11) is 0. The van der Waals surface area contributed by atoms with Crippen LogP contribution in [0.25, 0.3) is 0 Å². The van der Waals surface area contributed by atoms with E-state index < -0.39 is 0 Å². The van der Waals surface area contributed by atoms with Gasteiger partial charge in [-0.3, -0.25) is 9.78 Å². The van der Waals surface area contributed by atoms with Crippen molar-refractivity contribution in [1.29, 1.82) is 0 Å². The van der Waals surface area contributed by atoms with Gasteiger partial charge in [0.1, 0.15) is 0 Å². The summed E-state index contributed by atoms with van der Waals surface area (Å²) in [6.07, 6.45) is 7.79. The van der Waals surface area contributed by atoms with E-state index >= 15 is 0 Å². The molecule has 0 radical (unpaired) electrons. The molecular weight excluding hydrogens is 286 g/mol. The molecule has 4 rings (SSSR count). The fraction of sp³-hybridized carbons (Fsp3) is 0.368. The van der Waals surface area contributed by atoms with E-state index in [1.165, 1.54) is 11.1 Å². The monoisotopic (exact) mass is 307 g/mol. The number of nitrogens with one attached hydrogen (secondary N) is 1. The van der Waals surface area contributed by atoms with E-state index in [2.05, 4.69) is 16.4 Å². The number of rotatable bonds is 2. The lowest BCUT2D eigenvalue weighted by Gasteiger charge is -2.28. The summed E-state index contributed by atoms with van der Waals surface area (Å²) >= 11 is 0. The average molecular weight is 307 g/mol. The van der Waals surface area contributed by atoms with E-state index in [9.17, 15) is 4.79 Å². The molecule has 2 aliphatic rings. The van der Waals surface area contributed by atoms with Crippen LogP contribution in [0.2, 0.25) is 0 Å². The van der Waals surface area contributed by atoms with Crippen molar-refractivity contribution in [1.82, 2.24) is 9.88 Å². The molecule has 1 fully saturated rings. The average Bonchev–Trinajstić information content (AvgIpc) is 3.11. The molecule has 4 nitrogen and oxygen atoms in total. The molecule has 2 aliphatic heterocycles. The third-order valence-corrected chi connectivity index (χ3v) is 4.93. The Hall–Kier alpha value is -2.36. The number of nitrogens with zero attached hydrogens (tertiary/aromatic N) is 2. The van der Waals surface area contributed by atoms with Crippen LogP contribution in [-0.4, -0.2) is 28.9 Å². The van der Waals surface area contributed by atoms with E-state index in [1.807, 2.05) is 41.6 Å². The molecule has 3 heterocycles. The minimum atomic E-state index is 0.171. The van der Waals surface area contributed by atoms with Crippen LogP contribution in [0.3, 0.4) is 0 Å². The largest absolute Gasteiger partial charge is 0.385 e. The number of amides is 1. The molecule has 1 saturated heterocycles. The highest BCUT2D eigenvalue weighted by Crippen LogP contribution is 2.34. The van der Waals surface area contributed by atoms with Crippen LogP contribution in [0.4, 0.5) is 5.69 Å². The van der Waals surface area contributed by atoms with E-state index in [0.29, 0.717) is 0 Å². The second kappa shape index (κ2) is 6.03. The molecule has 1 amide bonds. The van der Waals surface area contributed by atoms with Crippen molar-refractivity contribution < 1.29 is 4.79 Å². The summed E-state index contributed by atoms with van der Waals surface area (Å²) < 4.78 is 0. The first kappa shape index (κ1) is 14.2. The van der Waals surface area contributed by atoms with Gasteiger partial charge in [-0.15, -0.1) is 0 Å². The van der Waals surface area contributed by atoms with Crippen LogP contribution in [0.15, 0.2) is 42.7 Å². The second-order valence-electron chi connectivity index (χ2n) is 6.30. The predicted octanol–water partition coefficient (Wildman–Crippen LogP) is 3.42. The lowest BCUT2D eigenvalue weighted by Crippen LogP contribution is -2.32. The van der Waals surface area contributed by atoms with Crippen LogP contribution in [0.1, 0.15) is 46.8 Å². The van der Waals surface area contributed by atoms with Crippen molar-refractivity contribution >= 4 is 11.6 Å². The Morgan fingerprint density at radius 3 is 2.91 bits per heavy atom. The number of pyridine rings is 1. The van der Waals surface area contributed by atoms with E-state index in [1.54, 1.807) is 0 Å². The van der Waals surface area contributed by atoms with Gasteiger partial charge in [0, 0.05) is 36.7 Å². The summed E-state index contributed by atoms with van der Waals surface area (Å²) in [5.41, 5.74) is 4.37. The summed E-state index contributed by atoms with van der Waals surface area (Å²) in [6, 6.07) is 10.3. The predicted molar refractivity (Wildman–Crippen MR) is 90.5 cm³/mol. The van der Waals surface area contributed by atoms with Crippen molar-refractivity contribution in [3.05, 3.63) is 59.4 Å². The Bertz CT molecular complexity index is 714. The van der Waals surface area contributed by atoms with Crippen LogP contribution in [-0.2, 0) is 6.42 Å². The standard InChI is InChI=1S/C19H21N3O/c23-19(16-4-1-6-17-15(16)5-2-10-21-17)22-13-3-7-18(22)14-8-11-20-12-9-14/h1,4,6,8-9,11-12,18,21H,2-3,5,7,10,13H2. The molecule has 0 spiro atoms. The highest BCUT2D eigenvalue weighted by molar-refractivity contribution is 5.97. The van der Waals surface area contributed by atoms with Crippen LogP contribution >= 0.6 is 0 Å². The van der Waals surface area contributed by atoms with Crippen LogP contribution < -0.4 is 5.32 Å². The molecule has 2 aromatic rings. The lowest BCUT2D eigenvalue weighted by atomic mass is 9.96. The Kier molecular flexibility index (Phi) is 3.74. The number of fused-ring (bicyclic) bond motifs is 1. The molecule has 118 valence electrons. The minimum Gasteiger partial charge on any atom is -0.385 e. The van der Waals surface area contributed by atoms with Gasteiger partial charge in [0.15, 0.2) is 0 Å². The van der Waals surface area contributed by atoms with Crippen LogP contribution in [0, 0.1) is 0 Å². The number of aromatic nitrogens is 1. The van der Waals surface area contributed by atoms with Crippen molar-refractivity contribution in [2.45, 2.75) is 31.7 Å². The fourth-order valence-corrected chi connectivity index (χ4v) is 3.81. The first-order chi connectivity index (χ1) is 11.3. The summed E-state index contributed by atoms with van der Waals surface area (Å²) in [4.78, 5) is 19.3. The van der Waals surface area contributed by atoms with Crippen molar-refractivity contribution in [3.63, 3.8) is 0 Å². The minimum absolute atomic E-state index is 0.171. The number of hydrogen-bond acceptors (Lipinski definition) is 3. The normalized spacial score (nSPS) is 20.0. The zero-order valence-electron chi connectivity index (χ0n) is 13.2. The van der Waals surface area contributed by atoms with Gasteiger partial charge >= 0.3 is 0 Å². The van der Waals surface area contributed by atoms with E-state index in [0.717, 1.165) is 50.0 Å². The maximum atomic E-state index is 13.2. The first-order valence-corrected chi connectivity index (χ1v) is 8.41. The Morgan fingerprint density at radius 2 is 2.04 bits per heavy atom. The maximum Gasteiger partial charge on any atom is 0.254 e. The topological polar surface area (TPSA) is 45.2 Å². The summed E-state index contributed by atoms with van der Waals surface area (Å²) in [5, 5.41) is 3.41. The van der Waals surface area contributed by atoms with Gasteiger partial charge < -0.3 is 10.2 Å². The number of anilines is 1. The highest BCUT2D eigenvalue weighted by atomic mass is 16.2. The third-order valence-electron chi connectivity index (χ3n) is 4.93. The molecule has 0 saturated carbocycles. The van der Waals surface area contributed by atoms with E-state index in [4.69, 9.17) is 0 Å². The summed E-state index contributed by atoms with van der Waals surface area (Å²) in [5.74, 6) is 0.171. The van der Waals surface area contributed by atoms with Crippen molar-refractivity contribution in [3.8, 4) is 0 Å². The van der Waals surface area contributed by atoms with Crippen molar-refractivity contribution in [2.75, 3.05) is 18.4 Å². The molecule has 0 bridgehead atoms. The quantitative estimate of drug-likeness (QED) is 0.924. The number of benzene rings is 1. The van der Waals surface area contributed by atoms with Gasteiger partial charge in [-0.2, -0.15) is 0 Å². The smallest absolute Gasteiger partial charge is 0.254 e. The molecule has 23 heavy (non-hydrogen) atoms.